The SMILES string of the molecule is Oc1cccc(-c2cn(C[C@@H](O)COC3CCCCC3)nn2)c1. The molecule has 0 aliphatic heterocycles. The number of hydrogen-bond donors (Lipinski definition) is 2. The van der Waals surface area contributed by atoms with Gasteiger partial charge in [-0.1, -0.05) is 36.6 Å². The van der Waals surface area contributed by atoms with Crippen LogP contribution in [0.2, 0.25) is 0 Å². The Morgan fingerprint density at radius 3 is 2.87 bits per heavy atom. The van der Waals surface area contributed by atoms with E-state index in [0.717, 1.165) is 18.4 Å². The van der Waals surface area contributed by atoms with Crippen LogP contribution in [-0.2, 0) is 11.3 Å². The quantitative estimate of drug-likeness (QED) is 0.855. The number of aromatic hydroxyl groups is 1. The maximum atomic E-state index is 10.1. The van der Waals surface area contributed by atoms with Crippen molar-refractivity contribution in [3.05, 3.63) is 30.5 Å². The van der Waals surface area contributed by atoms with Crippen LogP contribution < -0.4 is 0 Å². The first-order valence-corrected chi connectivity index (χ1v) is 8.20. The second kappa shape index (κ2) is 7.57. The zero-order valence-electron chi connectivity index (χ0n) is 13.1. The second-order valence-corrected chi connectivity index (χ2v) is 6.12. The lowest BCUT2D eigenvalue weighted by Gasteiger charge is -2.23. The molecule has 1 aromatic carbocycles. The van der Waals surface area contributed by atoms with Crippen molar-refractivity contribution in [2.75, 3.05) is 6.61 Å². The highest BCUT2D eigenvalue weighted by Crippen LogP contribution is 2.21. The van der Waals surface area contributed by atoms with Crippen molar-refractivity contribution in [2.24, 2.45) is 0 Å². The molecule has 6 nitrogen and oxygen atoms in total. The third kappa shape index (κ3) is 4.53. The molecule has 0 radical (unpaired) electrons. The van der Waals surface area contributed by atoms with E-state index in [0.29, 0.717) is 18.8 Å². The summed E-state index contributed by atoms with van der Waals surface area (Å²) in [5.41, 5.74) is 1.46. The Labute approximate surface area is 135 Å². The zero-order valence-corrected chi connectivity index (χ0v) is 13.1. The normalized spacial score (nSPS) is 17.3. The lowest BCUT2D eigenvalue weighted by Crippen LogP contribution is -2.27. The Morgan fingerprint density at radius 1 is 1.26 bits per heavy atom. The van der Waals surface area contributed by atoms with Crippen LogP contribution in [0.15, 0.2) is 30.5 Å². The highest BCUT2D eigenvalue weighted by molar-refractivity contribution is 5.59. The minimum Gasteiger partial charge on any atom is -0.508 e. The van der Waals surface area contributed by atoms with Crippen molar-refractivity contribution in [3.8, 4) is 17.0 Å². The minimum atomic E-state index is -0.601. The number of hydrogen-bond acceptors (Lipinski definition) is 5. The third-order valence-corrected chi connectivity index (χ3v) is 4.15. The van der Waals surface area contributed by atoms with E-state index in [1.807, 2.05) is 6.07 Å². The third-order valence-electron chi connectivity index (χ3n) is 4.15. The standard InChI is InChI=1S/C17H23N3O3/c21-14-6-4-5-13(9-14)17-11-20(19-18-17)10-15(22)12-23-16-7-2-1-3-8-16/h4-6,9,11,15-16,21-22H,1-3,7-8,10,12H2/t15-/m1/s1. The fraction of sp³-hybridized carbons (Fsp3) is 0.529. The van der Waals surface area contributed by atoms with Gasteiger partial charge < -0.3 is 14.9 Å². The zero-order chi connectivity index (χ0) is 16.1. The van der Waals surface area contributed by atoms with Crippen LogP contribution in [0.5, 0.6) is 5.75 Å². The van der Waals surface area contributed by atoms with Crippen molar-refractivity contribution < 1.29 is 14.9 Å². The number of phenols is 1. The molecule has 0 spiro atoms. The van der Waals surface area contributed by atoms with Crippen LogP contribution in [0.3, 0.4) is 0 Å². The van der Waals surface area contributed by atoms with Crippen LogP contribution in [0, 0.1) is 0 Å². The molecule has 6 heteroatoms. The molecule has 1 heterocycles. The smallest absolute Gasteiger partial charge is 0.116 e. The summed E-state index contributed by atoms with van der Waals surface area (Å²) in [4.78, 5) is 0. The molecule has 1 aliphatic rings. The molecule has 1 atom stereocenters. The highest BCUT2D eigenvalue weighted by Gasteiger charge is 2.16. The molecule has 23 heavy (non-hydrogen) atoms. The number of benzene rings is 1. The molecule has 0 saturated heterocycles. The number of ether oxygens (including phenoxy) is 1. The Bertz CT molecular complexity index is 623. The minimum absolute atomic E-state index is 0.193. The van der Waals surface area contributed by atoms with Crippen molar-refractivity contribution >= 4 is 0 Å². The van der Waals surface area contributed by atoms with Crippen molar-refractivity contribution in [1.82, 2.24) is 15.0 Å². The lowest BCUT2D eigenvalue weighted by molar-refractivity contribution is -0.0294. The van der Waals surface area contributed by atoms with Gasteiger partial charge in [0.2, 0.25) is 0 Å². The summed E-state index contributed by atoms with van der Waals surface area (Å²) in [6.07, 6.45) is 7.37. The second-order valence-electron chi connectivity index (χ2n) is 6.12. The molecule has 1 aromatic heterocycles. The van der Waals surface area contributed by atoms with Gasteiger partial charge in [-0.3, -0.25) is 0 Å². The van der Waals surface area contributed by atoms with E-state index in [2.05, 4.69) is 10.3 Å². The predicted octanol–water partition coefficient (Wildman–Crippen LogP) is 2.36. The number of aromatic nitrogens is 3. The van der Waals surface area contributed by atoms with Gasteiger partial charge in [0.1, 0.15) is 11.4 Å². The van der Waals surface area contributed by atoms with Gasteiger partial charge >= 0.3 is 0 Å². The predicted molar refractivity (Wildman–Crippen MR) is 86.0 cm³/mol. The topological polar surface area (TPSA) is 80.4 Å². The van der Waals surface area contributed by atoms with Gasteiger partial charge in [-0.05, 0) is 25.0 Å². The number of phenolic OH excluding ortho intramolecular Hbond substituents is 1. The van der Waals surface area contributed by atoms with E-state index in [1.54, 1.807) is 29.1 Å². The fourth-order valence-corrected chi connectivity index (χ4v) is 2.93. The number of aliphatic hydroxyl groups excluding tert-OH is 1. The van der Waals surface area contributed by atoms with E-state index in [4.69, 9.17) is 4.74 Å². The van der Waals surface area contributed by atoms with Gasteiger partial charge in [0.15, 0.2) is 0 Å². The van der Waals surface area contributed by atoms with E-state index < -0.39 is 6.10 Å². The Morgan fingerprint density at radius 2 is 2.09 bits per heavy atom. The summed E-state index contributed by atoms with van der Waals surface area (Å²) >= 11 is 0. The van der Waals surface area contributed by atoms with E-state index in [9.17, 15) is 10.2 Å². The van der Waals surface area contributed by atoms with Gasteiger partial charge in [-0.25, -0.2) is 4.68 Å². The van der Waals surface area contributed by atoms with Gasteiger partial charge in [0, 0.05) is 5.56 Å². The number of aliphatic hydroxyl groups is 1. The molecule has 2 N–H and O–H groups in total. The van der Waals surface area contributed by atoms with Crippen LogP contribution in [0.4, 0.5) is 0 Å². The molecular formula is C17H23N3O3. The maximum absolute atomic E-state index is 10.1. The summed E-state index contributed by atoms with van der Waals surface area (Å²) in [6.45, 7) is 0.671. The Kier molecular flexibility index (Phi) is 5.25. The van der Waals surface area contributed by atoms with Gasteiger partial charge in [-0.15, -0.1) is 5.10 Å². The monoisotopic (exact) mass is 317 g/mol. The molecule has 1 saturated carbocycles. The largest absolute Gasteiger partial charge is 0.508 e. The molecule has 1 fully saturated rings. The lowest BCUT2D eigenvalue weighted by atomic mass is 9.98. The summed E-state index contributed by atoms with van der Waals surface area (Å²) in [5, 5.41) is 27.7. The van der Waals surface area contributed by atoms with Gasteiger partial charge in [0.05, 0.1) is 31.6 Å². The molecule has 124 valence electrons. The van der Waals surface area contributed by atoms with E-state index in [1.165, 1.54) is 19.3 Å². The first-order valence-electron chi connectivity index (χ1n) is 8.20. The van der Waals surface area contributed by atoms with Crippen molar-refractivity contribution in [3.63, 3.8) is 0 Å². The molecule has 3 rings (SSSR count). The van der Waals surface area contributed by atoms with Crippen LogP contribution >= 0.6 is 0 Å². The molecule has 0 unspecified atom stereocenters. The average Bonchev–Trinajstić information content (AvgIpc) is 3.02. The van der Waals surface area contributed by atoms with Crippen molar-refractivity contribution in [1.29, 1.82) is 0 Å². The average molecular weight is 317 g/mol. The highest BCUT2D eigenvalue weighted by atomic mass is 16.5. The van der Waals surface area contributed by atoms with Crippen LogP contribution in [-0.4, -0.2) is 44.0 Å². The van der Waals surface area contributed by atoms with E-state index in [-0.39, 0.29) is 11.9 Å². The Hall–Kier alpha value is -1.92. The van der Waals surface area contributed by atoms with Crippen LogP contribution in [0.1, 0.15) is 32.1 Å². The van der Waals surface area contributed by atoms with Crippen LogP contribution in [0.25, 0.3) is 11.3 Å². The summed E-state index contributed by atoms with van der Waals surface area (Å²) in [5.74, 6) is 0.193. The number of nitrogens with zero attached hydrogens (tertiary/aromatic N) is 3. The molecule has 0 amide bonds. The molecular weight excluding hydrogens is 294 g/mol. The Balaban J connectivity index is 1.52. The van der Waals surface area contributed by atoms with E-state index >= 15 is 0 Å². The summed E-state index contributed by atoms with van der Waals surface area (Å²) < 4.78 is 7.38. The first kappa shape index (κ1) is 16.0. The number of rotatable bonds is 6. The maximum Gasteiger partial charge on any atom is 0.116 e. The summed E-state index contributed by atoms with van der Waals surface area (Å²) in [7, 11) is 0. The molecule has 0 bridgehead atoms. The van der Waals surface area contributed by atoms with Gasteiger partial charge in [-0.2, -0.15) is 0 Å². The molecule has 2 aromatic rings. The fourth-order valence-electron chi connectivity index (χ4n) is 2.93. The molecule has 1 aliphatic carbocycles. The van der Waals surface area contributed by atoms with Gasteiger partial charge in [0.25, 0.3) is 0 Å². The van der Waals surface area contributed by atoms with Crippen molar-refractivity contribution in [2.45, 2.75) is 50.9 Å². The first-order chi connectivity index (χ1) is 11.2. The summed E-state index contributed by atoms with van der Waals surface area (Å²) in [6, 6.07) is 6.87.